The molecule has 2 aliphatic heterocycles. The Balaban J connectivity index is 1.32. The highest BCUT2D eigenvalue weighted by molar-refractivity contribution is 6.06. The Morgan fingerprint density at radius 2 is 1.50 bits per heavy atom. The Morgan fingerprint density at radius 1 is 0.820 bits per heavy atom. The van der Waals surface area contributed by atoms with E-state index in [1.54, 1.807) is 71.6 Å². The van der Waals surface area contributed by atoms with Gasteiger partial charge in [0.25, 0.3) is 0 Å². The molecule has 4 aromatic carbocycles. The number of anilines is 1. The zero-order chi connectivity index (χ0) is 35.4. The molecule has 2 heterocycles. The molecule has 1 saturated carbocycles. The first kappa shape index (κ1) is 33.6. The van der Waals surface area contributed by atoms with E-state index in [0.717, 1.165) is 0 Å². The molecule has 3 fully saturated rings. The van der Waals surface area contributed by atoms with Gasteiger partial charge in [0.1, 0.15) is 35.6 Å². The number of benzene rings is 4. The van der Waals surface area contributed by atoms with Crippen LogP contribution in [0, 0.1) is 11.2 Å². The number of carboxylic acid groups (broad SMARTS) is 1. The third-order valence-electron chi connectivity index (χ3n) is 10.4. The van der Waals surface area contributed by atoms with E-state index in [0.29, 0.717) is 27.9 Å². The zero-order valence-electron chi connectivity index (χ0n) is 26.7. The molecule has 2 unspecified atom stereocenters. The minimum absolute atomic E-state index is 0.0103. The summed E-state index contributed by atoms with van der Waals surface area (Å²) in [5.41, 5.74) is 0.499. The minimum Gasteiger partial charge on any atom is -0.508 e. The number of phenols is 1. The molecule has 0 bridgehead atoms. The van der Waals surface area contributed by atoms with Crippen molar-refractivity contribution in [1.29, 1.82) is 0 Å². The van der Waals surface area contributed by atoms with Gasteiger partial charge < -0.3 is 45.0 Å². The third kappa shape index (κ3) is 5.68. The van der Waals surface area contributed by atoms with Crippen LogP contribution < -0.4 is 9.64 Å². The number of aliphatic carboxylic acids is 1. The number of hydrogen-bond acceptors (Lipinski definition) is 9. The molecular weight excluding hydrogens is 649 g/mol. The molecule has 7 rings (SSSR count). The van der Waals surface area contributed by atoms with Crippen LogP contribution in [0.15, 0.2) is 97.1 Å². The van der Waals surface area contributed by atoms with Gasteiger partial charge in [-0.1, -0.05) is 54.6 Å². The lowest BCUT2D eigenvalue weighted by molar-refractivity contribution is -0.271. The number of carbonyl (C=O) groups is 2. The summed E-state index contributed by atoms with van der Waals surface area (Å²) in [7, 11) is 0. The van der Waals surface area contributed by atoms with Crippen molar-refractivity contribution in [2.75, 3.05) is 4.90 Å². The molecule has 0 radical (unpaired) electrons. The number of hydrogen-bond donors (Lipinski definition) is 6. The summed E-state index contributed by atoms with van der Waals surface area (Å²) in [5, 5.41) is 63.2. The van der Waals surface area contributed by atoms with Crippen LogP contribution in [0.3, 0.4) is 0 Å². The smallest absolute Gasteiger partial charge is 0.335 e. The Labute approximate surface area is 286 Å². The van der Waals surface area contributed by atoms with E-state index >= 15 is 0 Å². The molecule has 1 spiro atoms. The summed E-state index contributed by atoms with van der Waals surface area (Å²) in [4.78, 5) is 27.8. The number of aliphatic hydroxyl groups is 4. The van der Waals surface area contributed by atoms with Crippen molar-refractivity contribution in [3.63, 3.8) is 0 Å². The number of carbonyl (C=O) groups excluding carboxylic acids is 1. The maximum absolute atomic E-state index is 14.3. The fraction of sp³-hybridized carbons (Fsp3) is 0.316. The first-order chi connectivity index (χ1) is 23.9. The summed E-state index contributed by atoms with van der Waals surface area (Å²) < 4.78 is 25.4. The molecule has 50 heavy (non-hydrogen) atoms. The zero-order valence-corrected chi connectivity index (χ0v) is 26.7. The Bertz CT molecular complexity index is 1900. The van der Waals surface area contributed by atoms with Crippen LogP contribution in [0.5, 0.6) is 11.5 Å². The Kier molecular flexibility index (Phi) is 8.61. The maximum atomic E-state index is 14.3. The molecule has 12 heteroatoms. The lowest BCUT2D eigenvalue weighted by Crippen LogP contribution is -2.65. The molecule has 3 aliphatic rings. The van der Waals surface area contributed by atoms with Gasteiger partial charge in [0, 0.05) is 11.3 Å². The fourth-order valence-electron chi connectivity index (χ4n) is 7.59. The molecule has 4 aromatic rings. The van der Waals surface area contributed by atoms with E-state index in [-0.39, 0.29) is 43.1 Å². The first-order valence-electron chi connectivity index (χ1n) is 16.3. The SMILES string of the molecule is O=C(O)C1O[C@@H](Oc2cc(-c3cccc(O)c3)ccc2[C@H]2N(c3ccccc3)C(=O)C23CCC(O)(c2ccc(F)cc2)CC3)C(O)[C@@H](O)[C@@H]1O. The summed E-state index contributed by atoms with van der Waals surface area (Å²) in [6.45, 7) is 0. The summed E-state index contributed by atoms with van der Waals surface area (Å²) in [6, 6.07) is 25.6. The highest BCUT2D eigenvalue weighted by Crippen LogP contribution is 2.62. The van der Waals surface area contributed by atoms with E-state index in [1.165, 1.54) is 24.3 Å². The van der Waals surface area contributed by atoms with Gasteiger partial charge in [-0.15, -0.1) is 0 Å². The van der Waals surface area contributed by atoms with Crippen LogP contribution in [0.25, 0.3) is 11.1 Å². The molecule has 260 valence electrons. The van der Waals surface area contributed by atoms with Gasteiger partial charge in [-0.25, -0.2) is 9.18 Å². The number of carboxylic acids is 1. The maximum Gasteiger partial charge on any atom is 0.335 e. The van der Waals surface area contributed by atoms with Crippen molar-refractivity contribution in [3.8, 4) is 22.6 Å². The standard InChI is InChI=1S/C38H36FNO10/c39-24-12-10-23(11-13-24)38(48)17-15-37(16-18-38)33(40(36(37)47)25-6-2-1-3-7-25)27-14-9-22(21-5-4-8-26(41)19-21)20-28(27)49-35-31(44)29(42)30(43)32(50-35)34(45)46/h1-14,19-20,29-33,35,41-44,48H,15-18H2,(H,45,46)/t29-,30-,31?,32?,33+,35+,37?,38?/m0/s1. The van der Waals surface area contributed by atoms with E-state index in [1.807, 2.05) is 6.07 Å². The largest absolute Gasteiger partial charge is 0.508 e. The molecule has 0 aromatic heterocycles. The topological polar surface area (TPSA) is 177 Å². The van der Waals surface area contributed by atoms with Gasteiger partial charge in [-0.05, 0) is 84.8 Å². The molecule has 6 atom stereocenters. The summed E-state index contributed by atoms with van der Waals surface area (Å²) in [6.07, 6.45) is -8.40. The van der Waals surface area contributed by atoms with Gasteiger partial charge >= 0.3 is 5.97 Å². The van der Waals surface area contributed by atoms with Crippen LogP contribution >= 0.6 is 0 Å². The second kappa shape index (κ2) is 12.8. The average Bonchev–Trinajstić information content (AvgIpc) is 3.11. The normalized spacial score (nSPS) is 30.9. The van der Waals surface area contributed by atoms with Crippen molar-refractivity contribution in [2.45, 2.75) is 68.0 Å². The van der Waals surface area contributed by atoms with Gasteiger partial charge in [-0.2, -0.15) is 0 Å². The van der Waals surface area contributed by atoms with Crippen LogP contribution in [0.2, 0.25) is 0 Å². The van der Waals surface area contributed by atoms with Crippen molar-refractivity contribution >= 4 is 17.6 Å². The molecule has 6 N–H and O–H groups in total. The first-order valence-corrected chi connectivity index (χ1v) is 16.3. The third-order valence-corrected chi connectivity index (χ3v) is 10.4. The number of aliphatic hydroxyl groups excluding tert-OH is 3. The van der Waals surface area contributed by atoms with E-state index in [4.69, 9.17) is 9.47 Å². The number of nitrogens with zero attached hydrogens (tertiary/aromatic N) is 1. The number of aromatic hydroxyl groups is 1. The van der Waals surface area contributed by atoms with Gasteiger partial charge in [0.05, 0.1) is 17.1 Å². The van der Waals surface area contributed by atoms with Crippen molar-refractivity contribution in [1.82, 2.24) is 0 Å². The van der Waals surface area contributed by atoms with E-state index in [9.17, 15) is 44.6 Å². The molecule has 1 aliphatic carbocycles. The van der Waals surface area contributed by atoms with Gasteiger partial charge in [0.15, 0.2) is 6.10 Å². The number of para-hydroxylation sites is 1. The number of ether oxygens (including phenoxy) is 2. The number of β-lactam (4-membered cyclic amide) rings is 1. The highest BCUT2D eigenvalue weighted by Gasteiger charge is 2.64. The highest BCUT2D eigenvalue weighted by atomic mass is 19.1. The lowest BCUT2D eigenvalue weighted by Gasteiger charge is -2.59. The predicted octanol–water partition coefficient (Wildman–Crippen LogP) is 4.01. The molecular formula is C38H36FNO10. The van der Waals surface area contributed by atoms with Crippen LogP contribution in [-0.4, -0.2) is 73.2 Å². The predicted molar refractivity (Wildman–Crippen MR) is 176 cm³/mol. The second-order valence-corrected chi connectivity index (χ2v) is 13.3. The molecule has 1 amide bonds. The second-order valence-electron chi connectivity index (χ2n) is 13.3. The number of phenolic OH excluding ortho intramolecular Hbond substituents is 1. The number of amides is 1. The van der Waals surface area contributed by atoms with Gasteiger partial charge in [0.2, 0.25) is 12.2 Å². The summed E-state index contributed by atoms with van der Waals surface area (Å²) in [5.74, 6) is -2.06. The van der Waals surface area contributed by atoms with Crippen molar-refractivity contribution in [3.05, 3.63) is 114 Å². The minimum atomic E-state index is -1.93. The number of halogens is 1. The molecule has 2 saturated heterocycles. The van der Waals surface area contributed by atoms with Crippen molar-refractivity contribution in [2.24, 2.45) is 5.41 Å². The Hall–Kier alpha value is -4.85. The van der Waals surface area contributed by atoms with Crippen LogP contribution in [-0.2, 0) is 19.9 Å². The quantitative estimate of drug-likeness (QED) is 0.156. The van der Waals surface area contributed by atoms with Crippen molar-refractivity contribution < 1.29 is 54.1 Å². The monoisotopic (exact) mass is 685 g/mol. The average molecular weight is 686 g/mol. The fourth-order valence-corrected chi connectivity index (χ4v) is 7.59. The Morgan fingerprint density at radius 3 is 2.16 bits per heavy atom. The molecule has 11 nitrogen and oxygen atoms in total. The number of rotatable bonds is 7. The lowest BCUT2D eigenvalue weighted by atomic mass is 9.56. The van der Waals surface area contributed by atoms with E-state index in [2.05, 4.69) is 0 Å². The van der Waals surface area contributed by atoms with Gasteiger partial charge in [-0.3, -0.25) is 4.79 Å². The van der Waals surface area contributed by atoms with E-state index < -0.39 is 59.6 Å². The van der Waals surface area contributed by atoms with Crippen LogP contribution in [0.1, 0.15) is 42.9 Å². The summed E-state index contributed by atoms with van der Waals surface area (Å²) >= 11 is 0. The van der Waals surface area contributed by atoms with Crippen LogP contribution in [0.4, 0.5) is 10.1 Å².